The van der Waals surface area contributed by atoms with Gasteiger partial charge in [-0.1, -0.05) is 0 Å². The van der Waals surface area contributed by atoms with Crippen LogP contribution in [0.1, 0.15) is 12.6 Å². The minimum Gasteiger partial charge on any atom is -0.300 e. The summed E-state index contributed by atoms with van der Waals surface area (Å²) in [6.45, 7) is 2.80. The second kappa shape index (κ2) is 5.63. The van der Waals surface area contributed by atoms with Crippen molar-refractivity contribution >= 4 is 51.5 Å². The van der Waals surface area contributed by atoms with E-state index in [0.717, 1.165) is 10.6 Å². The van der Waals surface area contributed by atoms with Crippen LogP contribution in [0.2, 0.25) is 0 Å². The van der Waals surface area contributed by atoms with Crippen LogP contribution in [0.25, 0.3) is 0 Å². The van der Waals surface area contributed by atoms with Gasteiger partial charge in [0.25, 0.3) is 0 Å². The lowest BCUT2D eigenvalue weighted by molar-refractivity contribution is -0.130. The Hall–Kier alpha value is -1.87. The van der Waals surface area contributed by atoms with Crippen LogP contribution in [0, 0.1) is 6.92 Å². The lowest BCUT2D eigenvalue weighted by Gasteiger charge is -2.16. The van der Waals surface area contributed by atoms with Gasteiger partial charge in [-0.05, 0) is 19.1 Å². The molecule has 0 atom stereocenters. The van der Waals surface area contributed by atoms with Gasteiger partial charge >= 0.3 is 0 Å². The Morgan fingerprint density at radius 1 is 1.55 bits per heavy atom. The molecule has 0 aliphatic carbocycles. The summed E-state index contributed by atoms with van der Waals surface area (Å²) in [6.07, 6.45) is 0. The second-order valence-electron chi connectivity index (χ2n) is 4.21. The van der Waals surface area contributed by atoms with Gasteiger partial charge in [0, 0.05) is 12.3 Å². The summed E-state index contributed by atoms with van der Waals surface area (Å²) >= 11 is 6.32. The summed E-state index contributed by atoms with van der Waals surface area (Å²) in [4.78, 5) is 41.2. The van der Waals surface area contributed by atoms with Crippen molar-refractivity contribution < 1.29 is 14.4 Å². The zero-order valence-corrected chi connectivity index (χ0v) is 12.5. The van der Waals surface area contributed by atoms with Crippen molar-refractivity contribution in [2.24, 2.45) is 0 Å². The van der Waals surface area contributed by atoms with E-state index in [1.165, 1.54) is 23.2 Å². The van der Waals surface area contributed by atoms with Crippen LogP contribution in [0.15, 0.2) is 5.38 Å². The largest absolute Gasteiger partial charge is 0.300 e. The van der Waals surface area contributed by atoms with Gasteiger partial charge in [-0.2, -0.15) is 0 Å². The molecule has 0 radical (unpaired) electrons. The minimum absolute atomic E-state index is 0.0629. The molecule has 1 aromatic heterocycles. The maximum atomic E-state index is 11.8. The van der Waals surface area contributed by atoms with Crippen LogP contribution in [0.3, 0.4) is 0 Å². The van der Waals surface area contributed by atoms with E-state index in [-0.39, 0.29) is 30.0 Å². The lowest BCUT2D eigenvalue weighted by Crippen LogP contribution is -2.39. The maximum absolute atomic E-state index is 11.8. The van der Waals surface area contributed by atoms with Crippen molar-refractivity contribution in [1.29, 1.82) is 0 Å². The average Bonchev–Trinajstić information content (AvgIpc) is 2.87. The van der Waals surface area contributed by atoms with E-state index in [1.54, 1.807) is 5.38 Å². The quantitative estimate of drug-likeness (QED) is 0.815. The number of rotatable bonds is 3. The average molecular weight is 312 g/mol. The summed E-state index contributed by atoms with van der Waals surface area (Å²) in [6, 6.07) is 0. The smallest absolute Gasteiger partial charge is 0.249 e. The Balaban J connectivity index is 1.99. The van der Waals surface area contributed by atoms with Crippen LogP contribution in [-0.4, -0.2) is 50.7 Å². The molecule has 1 saturated heterocycles. The molecule has 0 spiro atoms. The third kappa shape index (κ3) is 2.99. The van der Waals surface area contributed by atoms with E-state index < -0.39 is 5.91 Å². The first-order valence-electron chi connectivity index (χ1n) is 5.73. The number of carbonyl (C=O) groups excluding carboxylic acids is 3. The summed E-state index contributed by atoms with van der Waals surface area (Å²) in [7, 11) is 0. The van der Waals surface area contributed by atoms with Gasteiger partial charge in [-0.25, -0.2) is 4.98 Å². The third-order valence-corrected chi connectivity index (χ3v) is 3.92. The molecule has 1 aromatic rings. The Kier molecular flexibility index (Phi) is 4.09. The fourth-order valence-electron chi connectivity index (χ4n) is 1.66. The van der Waals surface area contributed by atoms with Crippen molar-refractivity contribution in [3.8, 4) is 0 Å². The van der Waals surface area contributed by atoms with E-state index in [0.29, 0.717) is 5.13 Å². The zero-order chi connectivity index (χ0) is 14.9. The summed E-state index contributed by atoms with van der Waals surface area (Å²) in [5, 5.41) is 4.92. The number of carbonyl (C=O) groups is 3. The van der Waals surface area contributed by atoms with E-state index in [2.05, 4.69) is 10.3 Å². The van der Waals surface area contributed by atoms with E-state index in [9.17, 15) is 14.4 Å². The van der Waals surface area contributed by atoms with Crippen LogP contribution >= 0.6 is 23.6 Å². The molecule has 7 nitrogen and oxygen atoms in total. The second-order valence-corrected chi connectivity index (χ2v) is 5.43. The number of amides is 3. The Morgan fingerprint density at radius 3 is 2.75 bits per heavy atom. The lowest BCUT2D eigenvalue weighted by atomic mass is 10.5. The fraction of sp³-hybridized carbons (Fsp3) is 0.364. The van der Waals surface area contributed by atoms with Crippen molar-refractivity contribution in [2.45, 2.75) is 13.8 Å². The van der Waals surface area contributed by atoms with Crippen molar-refractivity contribution in [1.82, 2.24) is 14.8 Å². The molecule has 1 aliphatic rings. The highest BCUT2D eigenvalue weighted by atomic mass is 32.1. The molecule has 106 valence electrons. The molecule has 1 aliphatic heterocycles. The molecule has 0 saturated carbocycles. The normalized spacial score (nSPS) is 14.9. The zero-order valence-electron chi connectivity index (χ0n) is 10.9. The fourth-order valence-corrected chi connectivity index (χ4v) is 2.72. The number of thiocarbonyl (C=S) groups is 1. The predicted octanol–water partition coefficient (Wildman–Crippen LogP) is 0.366. The number of thiazole rings is 1. The van der Waals surface area contributed by atoms with Gasteiger partial charge in [-0.15, -0.1) is 11.3 Å². The van der Waals surface area contributed by atoms with Crippen molar-refractivity contribution in [3.63, 3.8) is 0 Å². The van der Waals surface area contributed by atoms with Crippen molar-refractivity contribution in [3.05, 3.63) is 11.1 Å². The summed E-state index contributed by atoms with van der Waals surface area (Å²) < 4.78 is 0. The van der Waals surface area contributed by atoms with Crippen LogP contribution in [-0.2, 0) is 14.4 Å². The van der Waals surface area contributed by atoms with Crippen LogP contribution in [0.4, 0.5) is 5.13 Å². The minimum atomic E-state index is -0.402. The standard InChI is InChI=1S/C11H12N4O3S2/c1-6-5-20-10(12-6)13-8(17)3-15-9(18)4-14(7(2)16)11(15)19/h5H,3-4H2,1-2H3,(H,12,13,17). The molecule has 20 heavy (non-hydrogen) atoms. The molecule has 0 bridgehead atoms. The number of nitrogens with zero attached hydrogens (tertiary/aromatic N) is 3. The molecule has 2 heterocycles. The van der Waals surface area contributed by atoms with Crippen LogP contribution < -0.4 is 5.32 Å². The highest BCUT2D eigenvalue weighted by Crippen LogP contribution is 2.15. The van der Waals surface area contributed by atoms with Gasteiger partial charge in [0.15, 0.2) is 10.2 Å². The summed E-state index contributed by atoms with van der Waals surface area (Å²) in [5.41, 5.74) is 0.806. The van der Waals surface area contributed by atoms with Gasteiger partial charge in [0.1, 0.15) is 13.1 Å². The first-order valence-corrected chi connectivity index (χ1v) is 7.01. The van der Waals surface area contributed by atoms with Gasteiger partial charge in [0.2, 0.25) is 17.7 Å². The van der Waals surface area contributed by atoms with E-state index in [1.807, 2.05) is 6.92 Å². The van der Waals surface area contributed by atoms with Crippen molar-refractivity contribution in [2.75, 3.05) is 18.4 Å². The van der Waals surface area contributed by atoms with Gasteiger partial charge in [-0.3, -0.25) is 24.2 Å². The Morgan fingerprint density at radius 2 is 2.25 bits per heavy atom. The maximum Gasteiger partial charge on any atom is 0.249 e. The molecule has 0 unspecified atom stereocenters. The molecule has 9 heteroatoms. The monoisotopic (exact) mass is 312 g/mol. The molecule has 1 N–H and O–H groups in total. The first-order chi connectivity index (χ1) is 9.38. The molecule has 1 fully saturated rings. The Bertz CT molecular complexity index is 598. The molecule has 2 rings (SSSR count). The predicted molar refractivity (Wildman–Crippen MR) is 77.2 cm³/mol. The number of nitrogens with one attached hydrogen (secondary N) is 1. The first kappa shape index (κ1) is 14.5. The topological polar surface area (TPSA) is 82.6 Å². The SMILES string of the molecule is CC(=O)N1CC(=O)N(CC(=O)Nc2nc(C)cs2)C1=S. The number of aromatic nitrogens is 1. The molecule has 0 aromatic carbocycles. The third-order valence-electron chi connectivity index (χ3n) is 2.60. The molecule has 3 amide bonds. The molecular weight excluding hydrogens is 300 g/mol. The van der Waals surface area contributed by atoms with Crippen LogP contribution in [0.5, 0.6) is 0 Å². The van der Waals surface area contributed by atoms with E-state index in [4.69, 9.17) is 12.2 Å². The highest BCUT2D eigenvalue weighted by molar-refractivity contribution is 7.80. The molecular formula is C11H12N4O3S2. The number of aryl methyl sites for hydroxylation is 1. The highest BCUT2D eigenvalue weighted by Gasteiger charge is 2.36. The number of anilines is 1. The van der Waals surface area contributed by atoms with Gasteiger partial charge < -0.3 is 5.32 Å². The van der Waals surface area contributed by atoms with Gasteiger partial charge in [0.05, 0.1) is 5.69 Å². The Labute approximate surface area is 124 Å². The number of hydrogen-bond acceptors (Lipinski definition) is 6. The van der Waals surface area contributed by atoms with E-state index >= 15 is 0 Å². The summed E-state index contributed by atoms with van der Waals surface area (Å²) in [5.74, 6) is -1.09. The number of hydrogen-bond donors (Lipinski definition) is 1.